The van der Waals surface area contributed by atoms with Gasteiger partial charge in [-0.2, -0.15) is 13.2 Å². The van der Waals surface area contributed by atoms with Gasteiger partial charge in [0, 0.05) is 55.0 Å². The maximum atomic E-state index is 14.0. The number of rotatable bonds is 10. The predicted molar refractivity (Wildman–Crippen MR) is 153 cm³/mol. The van der Waals surface area contributed by atoms with Crippen molar-refractivity contribution in [2.75, 3.05) is 59.7 Å². The van der Waals surface area contributed by atoms with E-state index in [1.165, 1.54) is 24.2 Å². The number of halogens is 3. The molecule has 5 rings (SSSR count). The third-order valence-corrected chi connectivity index (χ3v) is 8.25. The van der Waals surface area contributed by atoms with Gasteiger partial charge in [0.2, 0.25) is 5.91 Å². The average molecular weight is 634 g/mol. The van der Waals surface area contributed by atoms with E-state index >= 15 is 0 Å². The van der Waals surface area contributed by atoms with Crippen LogP contribution in [0.3, 0.4) is 0 Å². The van der Waals surface area contributed by atoms with Gasteiger partial charge in [-0.3, -0.25) is 19.3 Å². The summed E-state index contributed by atoms with van der Waals surface area (Å²) in [5.41, 5.74) is -0.136. The van der Waals surface area contributed by atoms with Crippen LogP contribution in [-0.2, 0) is 15.7 Å². The molecular weight excluding hydrogens is 599 g/mol. The maximum absolute atomic E-state index is 14.0. The molecule has 0 bridgehead atoms. The van der Waals surface area contributed by atoms with Gasteiger partial charge >= 0.3 is 6.18 Å². The number of aldehydes is 1. The van der Waals surface area contributed by atoms with Gasteiger partial charge in [-0.15, -0.1) is 0 Å². The highest BCUT2D eigenvalue weighted by molar-refractivity contribution is 5.98. The number of ether oxygens (including phenoxy) is 3. The molecule has 0 aromatic heterocycles. The van der Waals surface area contributed by atoms with Crippen molar-refractivity contribution in [3.8, 4) is 11.5 Å². The van der Waals surface area contributed by atoms with Gasteiger partial charge < -0.3 is 34.6 Å². The quantitative estimate of drug-likeness (QED) is 0.334. The van der Waals surface area contributed by atoms with Crippen LogP contribution in [0.15, 0.2) is 48.0 Å². The number of nitrogens with zero attached hydrogens (tertiary/aromatic N) is 2. The van der Waals surface area contributed by atoms with Crippen molar-refractivity contribution in [2.24, 2.45) is 0 Å². The maximum Gasteiger partial charge on any atom is 0.416 e. The van der Waals surface area contributed by atoms with E-state index in [2.05, 4.69) is 10.2 Å². The van der Waals surface area contributed by atoms with E-state index in [1.807, 2.05) is 0 Å². The second kappa shape index (κ2) is 13.6. The van der Waals surface area contributed by atoms with Crippen molar-refractivity contribution in [3.63, 3.8) is 0 Å². The lowest BCUT2D eigenvalue weighted by molar-refractivity contribution is -0.137. The molecule has 0 spiro atoms. The zero-order valence-electron chi connectivity index (χ0n) is 24.5. The Labute approximate surface area is 257 Å². The highest BCUT2D eigenvalue weighted by atomic mass is 19.4. The van der Waals surface area contributed by atoms with Gasteiger partial charge in [-0.25, -0.2) is 0 Å². The van der Waals surface area contributed by atoms with Gasteiger partial charge in [0.15, 0.2) is 11.5 Å². The molecule has 0 radical (unpaired) electrons. The Hall–Kier alpha value is -3.98. The molecule has 2 aliphatic heterocycles. The lowest BCUT2D eigenvalue weighted by Crippen LogP contribution is -2.57. The first kappa shape index (κ1) is 32.4. The van der Waals surface area contributed by atoms with Crippen molar-refractivity contribution < 1.29 is 52.0 Å². The first-order chi connectivity index (χ1) is 21.6. The van der Waals surface area contributed by atoms with Gasteiger partial charge in [-0.05, 0) is 42.5 Å². The van der Waals surface area contributed by atoms with E-state index in [1.54, 1.807) is 6.07 Å². The number of aliphatic hydroxyl groups excluding tert-OH is 2. The summed E-state index contributed by atoms with van der Waals surface area (Å²) < 4.78 is 56.8. The summed E-state index contributed by atoms with van der Waals surface area (Å²) in [6.45, 7) is 2.20. The number of aliphatic hydroxyl groups is 2. The number of amides is 2. The van der Waals surface area contributed by atoms with Crippen LogP contribution in [0.2, 0.25) is 0 Å². The van der Waals surface area contributed by atoms with E-state index in [4.69, 9.17) is 14.2 Å². The molecule has 2 amide bonds. The molecule has 1 fully saturated rings. The van der Waals surface area contributed by atoms with Crippen LogP contribution in [0.1, 0.15) is 37.8 Å². The monoisotopic (exact) mass is 633 g/mol. The second-order valence-corrected chi connectivity index (χ2v) is 10.9. The normalized spacial score (nSPS) is 22.8. The summed E-state index contributed by atoms with van der Waals surface area (Å²) in [6.07, 6.45) is -5.01. The lowest BCUT2D eigenvalue weighted by Gasteiger charge is -2.41. The van der Waals surface area contributed by atoms with Crippen LogP contribution in [0.4, 0.5) is 13.2 Å². The molecule has 14 heteroatoms. The molecule has 0 saturated carbocycles. The fourth-order valence-electron chi connectivity index (χ4n) is 5.99. The Morgan fingerprint density at radius 2 is 1.89 bits per heavy atom. The molecule has 1 saturated heterocycles. The van der Waals surface area contributed by atoms with E-state index in [-0.39, 0.29) is 47.9 Å². The predicted octanol–water partition coefficient (Wildman–Crippen LogP) is 1.62. The zero-order chi connectivity index (χ0) is 32.3. The van der Waals surface area contributed by atoms with E-state index in [9.17, 15) is 37.8 Å². The third-order valence-electron chi connectivity index (χ3n) is 8.25. The van der Waals surface area contributed by atoms with Gasteiger partial charge in [0.05, 0.1) is 44.5 Å². The van der Waals surface area contributed by atoms with Crippen LogP contribution in [0.5, 0.6) is 11.5 Å². The average Bonchev–Trinajstić information content (AvgIpc) is 3.44. The molecule has 2 aromatic rings. The summed E-state index contributed by atoms with van der Waals surface area (Å²) in [7, 11) is 1.38. The van der Waals surface area contributed by atoms with E-state index in [0.717, 1.165) is 24.3 Å². The number of fused-ring (bicyclic) bond motifs is 3. The van der Waals surface area contributed by atoms with Crippen molar-refractivity contribution in [3.05, 3.63) is 70.3 Å². The minimum Gasteiger partial charge on any atom is -0.493 e. The van der Waals surface area contributed by atoms with Gasteiger partial charge in [-0.1, -0.05) is 0 Å². The van der Waals surface area contributed by atoms with Crippen LogP contribution < -0.4 is 14.8 Å². The summed E-state index contributed by atoms with van der Waals surface area (Å²) in [5.74, 6) is -1.65. The highest BCUT2D eigenvalue weighted by Gasteiger charge is 2.51. The van der Waals surface area contributed by atoms with Crippen LogP contribution >= 0.6 is 0 Å². The number of methoxy groups -OCH3 is 1. The lowest BCUT2D eigenvalue weighted by atomic mass is 9.77. The fraction of sp³-hybridized carbons (Fsp3) is 0.452. The molecule has 4 atom stereocenters. The summed E-state index contributed by atoms with van der Waals surface area (Å²) >= 11 is 0. The van der Waals surface area contributed by atoms with E-state index in [0.29, 0.717) is 44.7 Å². The summed E-state index contributed by atoms with van der Waals surface area (Å²) in [5, 5.41) is 23.8. The van der Waals surface area contributed by atoms with Crippen molar-refractivity contribution >= 4 is 18.1 Å². The van der Waals surface area contributed by atoms with Crippen LogP contribution in [0, 0.1) is 0 Å². The minimum absolute atomic E-state index is 0.0353. The number of hydrogen-bond donors (Lipinski definition) is 3. The number of hydrogen-bond acceptors (Lipinski definition) is 9. The number of carbonyl (C=O) groups is 3. The molecule has 0 unspecified atom stereocenters. The number of morpholine rings is 1. The molecule has 2 aromatic carbocycles. The molecule has 242 valence electrons. The molecule has 45 heavy (non-hydrogen) atoms. The summed E-state index contributed by atoms with van der Waals surface area (Å²) in [6, 6.07) is 5.66. The number of nitrogens with one attached hydrogen (secondary N) is 1. The van der Waals surface area contributed by atoms with Crippen molar-refractivity contribution in [2.45, 2.75) is 30.3 Å². The standard InChI is InChI=1S/C31H34F3N3O8/c1-43-24-15-18(17-39)14-21-25-22(29(41)35-6-11-38)16-23(26(40)28(25)45-27(21)24)37(8-7-36-9-12-44-13-10-36)30(42)19-2-4-20(5-3-19)31(32,33)34/h2-5,14-17,23,25-26,28,38,40H,6-13H2,1H3,(H,35,41)/t23-,25+,26+,28+/m1/s1. The van der Waals surface area contributed by atoms with E-state index < -0.39 is 47.7 Å². The minimum atomic E-state index is -4.59. The van der Waals surface area contributed by atoms with Crippen LogP contribution in [-0.4, -0.2) is 116 Å². The summed E-state index contributed by atoms with van der Waals surface area (Å²) in [4.78, 5) is 42.6. The SMILES string of the molecule is COc1cc(C=O)cc2c1O[C@@H]1[C@@H](O)[C@H](N(CCN3CCOCC3)C(=O)c3ccc(C(F)(F)F)cc3)C=C(C(=O)NCCO)[C@H]21. The molecule has 3 N–H and O–H groups in total. The molecule has 2 heterocycles. The molecule has 3 aliphatic rings. The highest BCUT2D eigenvalue weighted by Crippen LogP contribution is 2.51. The first-order valence-corrected chi connectivity index (χ1v) is 14.5. The number of benzene rings is 2. The van der Waals surface area contributed by atoms with Crippen molar-refractivity contribution in [1.29, 1.82) is 0 Å². The van der Waals surface area contributed by atoms with Gasteiger partial charge in [0.1, 0.15) is 18.5 Å². The number of carbonyl (C=O) groups excluding carboxylic acids is 3. The molecule has 11 nitrogen and oxygen atoms in total. The smallest absolute Gasteiger partial charge is 0.416 e. The number of alkyl halides is 3. The Balaban J connectivity index is 1.56. The topological polar surface area (TPSA) is 138 Å². The van der Waals surface area contributed by atoms with Gasteiger partial charge in [0.25, 0.3) is 5.91 Å². The Morgan fingerprint density at radius 1 is 1.18 bits per heavy atom. The Morgan fingerprint density at radius 3 is 2.51 bits per heavy atom. The Bertz CT molecular complexity index is 1440. The molecule has 1 aliphatic carbocycles. The van der Waals surface area contributed by atoms with Crippen molar-refractivity contribution in [1.82, 2.24) is 15.1 Å². The first-order valence-electron chi connectivity index (χ1n) is 14.5. The fourth-order valence-corrected chi connectivity index (χ4v) is 5.99. The zero-order valence-corrected chi connectivity index (χ0v) is 24.5. The van der Waals surface area contributed by atoms with Crippen LogP contribution in [0.25, 0.3) is 0 Å². The Kier molecular flexibility index (Phi) is 9.77. The second-order valence-electron chi connectivity index (χ2n) is 10.9. The third kappa shape index (κ3) is 6.69. The largest absolute Gasteiger partial charge is 0.493 e. The molecular formula is C31H34F3N3O8.